The third-order valence-corrected chi connectivity index (χ3v) is 6.71. The van der Waals surface area contributed by atoms with E-state index >= 15 is 0 Å². The lowest BCUT2D eigenvalue weighted by molar-refractivity contribution is 0.535. The van der Waals surface area contributed by atoms with Gasteiger partial charge in [0.1, 0.15) is 0 Å². The SMILES string of the molecule is C=C(CC(C)C)CC(C/C=C/c1ccc(-c2ccccc2)c(C)c1)C(=C)NCC(=C)NCc1ccccc1.CCC. The first-order valence-electron chi connectivity index (χ1n) is 15.1. The molecule has 0 saturated carbocycles. The van der Waals surface area contributed by atoms with Crippen LogP contribution in [0.1, 0.15) is 70.1 Å². The van der Waals surface area contributed by atoms with E-state index < -0.39 is 0 Å². The highest BCUT2D eigenvalue weighted by atomic mass is 15.0. The predicted octanol–water partition coefficient (Wildman–Crippen LogP) is 10.5. The molecule has 0 aromatic heterocycles. The summed E-state index contributed by atoms with van der Waals surface area (Å²) >= 11 is 0. The Bertz CT molecular complexity index is 1240. The Kier molecular flexibility index (Phi) is 15.1. The van der Waals surface area contributed by atoms with Crippen molar-refractivity contribution in [2.24, 2.45) is 11.8 Å². The molecule has 2 nitrogen and oxygen atoms in total. The average Bonchev–Trinajstić information content (AvgIpc) is 2.95. The highest BCUT2D eigenvalue weighted by Crippen LogP contribution is 2.27. The van der Waals surface area contributed by atoms with Gasteiger partial charge in [-0.15, -0.1) is 0 Å². The Labute approximate surface area is 251 Å². The van der Waals surface area contributed by atoms with Crippen molar-refractivity contribution in [3.05, 3.63) is 138 Å². The van der Waals surface area contributed by atoms with E-state index in [0.717, 1.165) is 37.2 Å². The summed E-state index contributed by atoms with van der Waals surface area (Å²) in [6, 6.07) is 27.6. The van der Waals surface area contributed by atoms with Gasteiger partial charge in [-0.25, -0.2) is 0 Å². The van der Waals surface area contributed by atoms with Gasteiger partial charge in [0, 0.05) is 23.9 Å². The van der Waals surface area contributed by atoms with E-state index in [1.807, 2.05) is 6.07 Å². The van der Waals surface area contributed by atoms with Gasteiger partial charge in [0.05, 0.1) is 6.54 Å². The van der Waals surface area contributed by atoms with Crippen molar-refractivity contribution in [1.82, 2.24) is 10.6 Å². The molecule has 0 aliphatic heterocycles. The number of nitrogens with one attached hydrogen (secondary N) is 2. The van der Waals surface area contributed by atoms with Gasteiger partial charge in [-0.1, -0.05) is 150 Å². The van der Waals surface area contributed by atoms with Crippen LogP contribution in [0, 0.1) is 18.8 Å². The van der Waals surface area contributed by atoms with Gasteiger partial charge in [-0.2, -0.15) is 0 Å². The van der Waals surface area contributed by atoms with Gasteiger partial charge >= 0.3 is 0 Å². The van der Waals surface area contributed by atoms with Crippen molar-refractivity contribution >= 4 is 6.08 Å². The zero-order valence-corrected chi connectivity index (χ0v) is 26.2. The van der Waals surface area contributed by atoms with Crippen molar-refractivity contribution in [2.45, 2.75) is 66.8 Å². The smallest absolute Gasteiger partial charge is 0.0538 e. The topological polar surface area (TPSA) is 24.1 Å². The van der Waals surface area contributed by atoms with Gasteiger partial charge in [-0.05, 0) is 59.9 Å². The van der Waals surface area contributed by atoms with Gasteiger partial charge in [0.15, 0.2) is 0 Å². The molecule has 0 spiro atoms. The Balaban J connectivity index is 0.00000187. The molecule has 1 unspecified atom stereocenters. The predicted molar refractivity (Wildman–Crippen MR) is 182 cm³/mol. The number of allylic oxidation sites excluding steroid dienone is 3. The maximum Gasteiger partial charge on any atom is 0.0538 e. The van der Waals surface area contributed by atoms with Gasteiger partial charge in [-0.3, -0.25) is 0 Å². The summed E-state index contributed by atoms with van der Waals surface area (Å²) in [4.78, 5) is 0. The first-order valence-corrected chi connectivity index (χ1v) is 15.1. The number of hydrogen-bond acceptors (Lipinski definition) is 2. The lowest BCUT2D eigenvalue weighted by Gasteiger charge is -2.22. The monoisotopic (exact) mass is 548 g/mol. The van der Waals surface area contributed by atoms with Gasteiger partial charge in [0.25, 0.3) is 0 Å². The summed E-state index contributed by atoms with van der Waals surface area (Å²) in [7, 11) is 0. The Morgan fingerprint density at radius 1 is 0.829 bits per heavy atom. The quantitative estimate of drug-likeness (QED) is 0.185. The number of benzene rings is 3. The van der Waals surface area contributed by atoms with E-state index in [4.69, 9.17) is 0 Å². The van der Waals surface area contributed by atoms with Crippen molar-refractivity contribution < 1.29 is 0 Å². The minimum absolute atomic E-state index is 0.282. The minimum atomic E-state index is 0.282. The average molecular weight is 549 g/mol. The molecule has 218 valence electrons. The maximum absolute atomic E-state index is 4.41. The molecule has 3 aromatic rings. The van der Waals surface area contributed by atoms with Crippen LogP contribution in [0.25, 0.3) is 17.2 Å². The molecule has 3 rings (SSSR count). The van der Waals surface area contributed by atoms with Crippen LogP contribution in [0.15, 0.2) is 122 Å². The molecule has 3 aromatic carbocycles. The van der Waals surface area contributed by atoms with Crippen molar-refractivity contribution in [1.29, 1.82) is 0 Å². The normalized spacial score (nSPS) is 11.5. The van der Waals surface area contributed by atoms with Crippen LogP contribution in [0.4, 0.5) is 0 Å². The number of hydrogen-bond donors (Lipinski definition) is 2. The highest BCUT2D eigenvalue weighted by Gasteiger charge is 2.14. The largest absolute Gasteiger partial charge is 0.383 e. The molecule has 0 bridgehead atoms. The van der Waals surface area contributed by atoms with Crippen LogP contribution in [-0.2, 0) is 6.54 Å². The lowest BCUT2D eigenvalue weighted by Crippen LogP contribution is -2.27. The number of aryl methyl sites for hydroxylation is 1. The molecule has 2 heteroatoms. The molecular weight excluding hydrogens is 496 g/mol. The van der Waals surface area contributed by atoms with Crippen LogP contribution < -0.4 is 10.6 Å². The second kappa shape index (κ2) is 18.5. The van der Waals surface area contributed by atoms with Crippen molar-refractivity contribution in [3.8, 4) is 11.1 Å². The van der Waals surface area contributed by atoms with E-state index in [0.29, 0.717) is 12.5 Å². The van der Waals surface area contributed by atoms with Crippen LogP contribution in [0.5, 0.6) is 0 Å². The lowest BCUT2D eigenvalue weighted by atomic mass is 9.90. The zero-order valence-electron chi connectivity index (χ0n) is 26.2. The fraction of sp³-hybridized carbons (Fsp3) is 0.333. The molecule has 0 aliphatic rings. The van der Waals surface area contributed by atoms with Gasteiger partial charge < -0.3 is 10.6 Å². The summed E-state index contributed by atoms with van der Waals surface area (Å²) in [5.41, 5.74) is 9.57. The summed E-state index contributed by atoms with van der Waals surface area (Å²) < 4.78 is 0. The van der Waals surface area contributed by atoms with E-state index in [2.05, 4.69) is 150 Å². The molecular formula is C39H52N2. The van der Waals surface area contributed by atoms with Crippen LogP contribution in [0.3, 0.4) is 0 Å². The minimum Gasteiger partial charge on any atom is -0.383 e. The van der Waals surface area contributed by atoms with Gasteiger partial charge in [0.2, 0.25) is 0 Å². The Morgan fingerprint density at radius 3 is 2.07 bits per heavy atom. The molecule has 0 amide bonds. The summed E-state index contributed by atoms with van der Waals surface area (Å²) in [5, 5.41) is 6.95. The van der Waals surface area contributed by atoms with E-state index in [-0.39, 0.29) is 5.92 Å². The molecule has 0 heterocycles. The standard InChI is InChI=1S/C36H44N2.C3H8/c1-27(2)22-28(3)23-35(31(6)38-25-30(5)37-26-33-14-9-7-10-15-33)19-13-16-32-20-21-36(29(4)24-32)34-17-11-8-12-18-34;1-3-2/h7-18,20-21,24,27,35,37-38H,3,5-6,19,22-23,25-26H2,1-2,4H3;3H2,1-2H3/b16-13+;. The first kappa shape index (κ1) is 33.4. The number of rotatable bonds is 15. The van der Waals surface area contributed by atoms with Crippen molar-refractivity contribution in [2.75, 3.05) is 6.54 Å². The molecule has 2 N–H and O–H groups in total. The molecule has 0 aliphatic carbocycles. The second-order valence-electron chi connectivity index (χ2n) is 11.4. The third kappa shape index (κ3) is 13.0. The molecule has 1 atom stereocenters. The highest BCUT2D eigenvalue weighted by molar-refractivity contribution is 5.69. The first-order chi connectivity index (χ1) is 19.7. The maximum atomic E-state index is 4.41. The Morgan fingerprint density at radius 2 is 1.46 bits per heavy atom. The van der Waals surface area contributed by atoms with Crippen LogP contribution in [0.2, 0.25) is 0 Å². The van der Waals surface area contributed by atoms with Crippen LogP contribution >= 0.6 is 0 Å². The third-order valence-electron chi connectivity index (χ3n) is 6.71. The zero-order chi connectivity index (χ0) is 30.0. The fourth-order valence-electron chi connectivity index (χ4n) is 4.71. The summed E-state index contributed by atoms with van der Waals surface area (Å²) in [6.45, 7) is 25.3. The second-order valence-corrected chi connectivity index (χ2v) is 11.4. The summed E-state index contributed by atoms with van der Waals surface area (Å²) in [5.74, 6) is 0.886. The fourth-order valence-corrected chi connectivity index (χ4v) is 4.71. The van der Waals surface area contributed by atoms with Crippen molar-refractivity contribution in [3.63, 3.8) is 0 Å². The van der Waals surface area contributed by atoms with E-state index in [1.54, 1.807) is 0 Å². The molecule has 0 saturated heterocycles. The van der Waals surface area contributed by atoms with E-state index in [9.17, 15) is 0 Å². The van der Waals surface area contributed by atoms with Crippen LogP contribution in [-0.4, -0.2) is 6.54 Å². The summed E-state index contributed by atoms with van der Waals surface area (Å²) in [6.07, 6.45) is 8.64. The Hall–Kier alpha value is -3.78. The molecule has 41 heavy (non-hydrogen) atoms. The molecule has 0 radical (unpaired) electrons. The molecule has 0 fully saturated rings. The van der Waals surface area contributed by atoms with E-state index in [1.165, 1.54) is 39.8 Å².